The minimum Gasteiger partial charge on any atom is -0.479 e. The van der Waals surface area contributed by atoms with Crippen molar-refractivity contribution < 1.29 is 19.0 Å². The van der Waals surface area contributed by atoms with Gasteiger partial charge in [0.05, 0.1) is 6.61 Å². The van der Waals surface area contributed by atoms with Crippen molar-refractivity contribution in [3.63, 3.8) is 0 Å². The topological polar surface area (TPSA) is 44.8 Å². The third kappa shape index (κ3) is 4.67. The number of rotatable bonds is 6. The molecule has 1 atom stereocenters. The molecular formula is C17H17ClO4. The van der Waals surface area contributed by atoms with Crippen LogP contribution in [0, 0.1) is 0 Å². The van der Waals surface area contributed by atoms with E-state index in [1.807, 2.05) is 0 Å². The Hall–Kier alpha value is -2.20. The van der Waals surface area contributed by atoms with Gasteiger partial charge in [0.1, 0.15) is 17.2 Å². The number of esters is 1. The van der Waals surface area contributed by atoms with Gasteiger partial charge in [-0.05, 0) is 62.4 Å². The van der Waals surface area contributed by atoms with Gasteiger partial charge in [-0.3, -0.25) is 0 Å². The van der Waals surface area contributed by atoms with Crippen molar-refractivity contribution in [2.24, 2.45) is 0 Å². The summed E-state index contributed by atoms with van der Waals surface area (Å²) in [5.41, 5.74) is 0. The van der Waals surface area contributed by atoms with Crippen molar-refractivity contribution in [2.45, 2.75) is 20.0 Å². The molecule has 0 fully saturated rings. The normalized spacial score (nSPS) is 11.6. The Morgan fingerprint density at radius 2 is 1.50 bits per heavy atom. The Balaban J connectivity index is 1.95. The maximum absolute atomic E-state index is 11.5. The van der Waals surface area contributed by atoms with Crippen molar-refractivity contribution >= 4 is 17.6 Å². The fraction of sp³-hybridized carbons (Fsp3) is 0.235. The van der Waals surface area contributed by atoms with Crippen LogP contribution in [0.3, 0.4) is 0 Å². The van der Waals surface area contributed by atoms with Crippen LogP contribution in [0.4, 0.5) is 0 Å². The number of carbonyl (C=O) groups is 1. The Bertz CT molecular complexity index is 608. The number of benzene rings is 2. The van der Waals surface area contributed by atoms with Crippen LogP contribution in [0.2, 0.25) is 5.02 Å². The number of halogens is 1. The first kappa shape index (κ1) is 16.2. The summed E-state index contributed by atoms with van der Waals surface area (Å²) in [5.74, 6) is 1.55. The zero-order valence-electron chi connectivity index (χ0n) is 12.4. The molecule has 2 rings (SSSR count). The minimum atomic E-state index is -0.650. The molecule has 0 radical (unpaired) electrons. The summed E-state index contributed by atoms with van der Waals surface area (Å²) in [4.78, 5) is 11.5. The molecule has 1 unspecified atom stereocenters. The highest BCUT2D eigenvalue weighted by Crippen LogP contribution is 2.25. The van der Waals surface area contributed by atoms with Crippen LogP contribution in [0.25, 0.3) is 0 Å². The average molecular weight is 321 g/mol. The van der Waals surface area contributed by atoms with E-state index in [1.54, 1.807) is 62.4 Å². The van der Waals surface area contributed by atoms with E-state index in [0.717, 1.165) is 0 Å². The van der Waals surface area contributed by atoms with Crippen LogP contribution in [0.15, 0.2) is 48.5 Å². The molecule has 4 nitrogen and oxygen atoms in total. The molecule has 2 aromatic carbocycles. The SMILES string of the molecule is CCOC(=O)C(C)Oc1ccc(Oc2ccc(Cl)cc2)cc1. The third-order valence-electron chi connectivity index (χ3n) is 2.80. The summed E-state index contributed by atoms with van der Waals surface area (Å²) in [6, 6.07) is 14.1. The lowest BCUT2D eigenvalue weighted by molar-refractivity contribution is -0.150. The molecule has 5 heteroatoms. The van der Waals surface area contributed by atoms with E-state index in [0.29, 0.717) is 28.9 Å². The summed E-state index contributed by atoms with van der Waals surface area (Å²) in [6.45, 7) is 3.74. The second kappa shape index (κ2) is 7.71. The highest BCUT2D eigenvalue weighted by atomic mass is 35.5. The van der Waals surface area contributed by atoms with Crippen LogP contribution in [-0.4, -0.2) is 18.7 Å². The highest BCUT2D eigenvalue weighted by Gasteiger charge is 2.15. The number of hydrogen-bond donors (Lipinski definition) is 0. The van der Waals surface area contributed by atoms with Gasteiger partial charge in [0.25, 0.3) is 0 Å². The standard InChI is InChI=1S/C17H17ClO4/c1-3-20-17(19)12(2)21-14-8-10-16(11-9-14)22-15-6-4-13(18)5-7-15/h4-12H,3H2,1-2H3. The van der Waals surface area contributed by atoms with E-state index in [4.69, 9.17) is 25.8 Å². The predicted octanol–water partition coefficient (Wildman–Crippen LogP) is 4.46. The highest BCUT2D eigenvalue weighted by molar-refractivity contribution is 6.30. The Morgan fingerprint density at radius 3 is 2.05 bits per heavy atom. The summed E-state index contributed by atoms with van der Waals surface area (Å²) in [6.07, 6.45) is -0.650. The minimum absolute atomic E-state index is 0.334. The van der Waals surface area contributed by atoms with Gasteiger partial charge in [-0.15, -0.1) is 0 Å². The third-order valence-corrected chi connectivity index (χ3v) is 3.06. The zero-order chi connectivity index (χ0) is 15.9. The number of ether oxygens (including phenoxy) is 3. The van der Waals surface area contributed by atoms with Gasteiger partial charge in [0.2, 0.25) is 0 Å². The molecular weight excluding hydrogens is 304 g/mol. The molecule has 0 spiro atoms. The number of carbonyl (C=O) groups excluding carboxylic acids is 1. The van der Waals surface area contributed by atoms with Gasteiger partial charge in [0.15, 0.2) is 6.10 Å². The maximum atomic E-state index is 11.5. The lowest BCUT2D eigenvalue weighted by atomic mass is 10.3. The lowest BCUT2D eigenvalue weighted by Crippen LogP contribution is -2.25. The van der Waals surface area contributed by atoms with Gasteiger partial charge in [0, 0.05) is 5.02 Å². The first-order chi connectivity index (χ1) is 10.6. The molecule has 0 saturated heterocycles. The molecule has 0 amide bonds. The molecule has 22 heavy (non-hydrogen) atoms. The molecule has 0 saturated carbocycles. The van der Waals surface area contributed by atoms with Gasteiger partial charge in [-0.1, -0.05) is 11.6 Å². The molecule has 0 bridgehead atoms. The lowest BCUT2D eigenvalue weighted by Gasteiger charge is -2.13. The average Bonchev–Trinajstić information content (AvgIpc) is 2.51. The smallest absolute Gasteiger partial charge is 0.347 e. The molecule has 0 aliphatic heterocycles. The summed E-state index contributed by atoms with van der Waals surface area (Å²) < 4.78 is 16.1. The largest absolute Gasteiger partial charge is 0.479 e. The Kier molecular flexibility index (Phi) is 5.67. The maximum Gasteiger partial charge on any atom is 0.347 e. The van der Waals surface area contributed by atoms with E-state index in [2.05, 4.69) is 0 Å². The van der Waals surface area contributed by atoms with E-state index in [1.165, 1.54) is 0 Å². The molecule has 0 N–H and O–H groups in total. The summed E-state index contributed by atoms with van der Waals surface area (Å²) >= 11 is 5.82. The molecule has 2 aromatic rings. The molecule has 0 aromatic heterocycles. The second-order valence-electron chi connectivity index (χ2n) is 4.54. The second-order valence-corrected chi connectivity index (χ2v) is 4.98. The Labute approximate surface area is 134 Å². The quantitative estimate of drug-likeness (QED) is 0.737. The first-order valence-corrected chi connectivity index (χ1v) is 7.33. The zero-order valence-corrected chi connectivity index (χ0v) is 13.2. The van der Waals surface area contributed by atoms with Crippen molar-refractivity contribution in [1.82, 2.24) is 0 Å². The van der Waals surface area contributed by atoms with Crippen molar-refractivity contribution in [1.29, 1.82) is 0 Å². The molecule has 0 heterocycles. The van der Waals surface area contributed by atoms with Crippen LogP contribution in [0.5, 0.6) is 17.2 Å². The van der Waals surface area contributed by atoms with Gasteiger partial charge >= 0.3 is 5.97 Å². The molecule has 116 valence electrons. The van der Waals surface area contributed by atoms with Crippen molar-refractivity contribution in [2.75, 3.05) is 6.61 Å². The van der Waals surface area contributed by atoms with Gasteiger partial charge in [-0.2, -0.15) is 0 Å². The van der Waals surface area contributed by atoms with E-state index >= 15 is 0 Å². The van der Waals surface area contributed by atoms with Crippen LogP contribution in [0.1, 0.15) is 13.8 Å². The van der Waals surface area contributed by atoms with Crippen LogP contribution >= 0.6 is 11.6 Å². The number of hydrogen-bond acceptors (Lipinski definition) is 4. The van der Waals surface area contributed by atoms with E-state index in [9.17, 15) is 4.79 Å². The van der Waals surface area contributed by atoms with E-state index < -0.39 is 6.10 Å². The predicted molar refractivity (Wildman–Crippen MR) is 84.7 cm³/mol. The van der Waals surface area contributed by atoms with Crippen molar-refractivity contribution in [3.8, 4) is 17.2 Å². The summed E-state index contributed by atoms with van der Waals surface area (Å²) in [7, 11) is 0. The molecule has 0 aliphatic rings. The van der Waals surface area contributed by atoms with Crippen LogP contribution < -0.4 is 9.47 Å². The first-order valence-electron chi connectivity index (χ1n) is 6.95. The van der Waals surface area contributed by atoms with Gasteiger partial charge in [-0.25, -0.2) is 4.79 Å². The monoisotopic (exact) mass is 320 g/mol. The summed E-state index contributed by atoms with van der Waals surface area (Å²) in [5, 5.41) is 0.657. The fourth-order valence-electron chi connectivity index (χ4n) is 1.74. The van der Waals surface area contributed by atoms with Gasteiger partial charge < -0.3 is 14.2 Å². The van der Waals surface area contributed by atoms with E-state index in [-0.39, 0.29) is 5.97 Å². The Morgan fingerprint density at radius 1 is 1.00 bits per heavy atom. The van der Waals surface area contributed by atoms with Crippen molar-refractivity contribution in [3.05, 3.63) is 53.6 Å². The fourth-order valence-corrected chi connectivity index (χ4v) is 1.86. The molecule has 0 aliphatic carbocycles. The van der Waals surface area contributed by atoms with Crippen LogP contribution in [-0.2, 0) is 9.53 Å².